The van der Waals surface area contributed by atoms with Crippen LogP contribution in [0.3, 0.4) is 0 Å². The predicted molar refractivity (Wildman–Crippen MR) is 83.5 cm³/mol. The lowest BCUT2D eigenvalue weighted by atomic mass is 9.79. The van der Waals surface area contributed by atoms with Gasteiger partial charge >= 0.3 is 0 Å². The molecule has 0 aliphatic carbocycles. The van der Waals surface area contributed by atoms with Gasteiger partial charge in [0.1, 0.15) is 0 Å². The Morgan fingerprint density at radius 2 is 1.74 bits per heavy atom. The van der Waals surface area contributed by atoms with E-state index >= 15 is 0 Å². The van der Waals surface area contributed by atoms with Gasteiger partial charge in [-0.1, -0.05) is 34.6 Å². The van der Waals surface area contributed by atoms with Gasteiger partial charge in [-0.2, -0.15) is 0 Å². The first-order valence-corrected chi connectivity index (χ1v) is 8.43. The minimum absolute atomic E-state index is 0.449. The van der Waals surface area contributed by atoms with Crippen molar-refractivity contribution in [2.45, 2.75) is 84.8 Å². The van der Waals surface area contributed by atoms with Gasteiger partial charge in [0.2, 0.25) is 0 Å². The number of fused-ring (bicyclic) bond motifs is 2. The van der Waals surface area contributed by atoms with Crippen molar-refractivity contribution < 1.29 is 0 Å². The Hall–Kier alpha value is -0.0800. The monoisotopic (exact) mass is 266 g/mol. The smallest absolute Gasteiger partial charge is 0.0114 e. The van der Waals surface area contributed by atoms with Gasteiger partial charge in [0, 0.05) is 24.7 Å². The van der Waals surface area contributed by atoms with E-state index in [1.807, 2.05) is 0 Å². The largest absolute Gasteiger partial charge is 0.314 e. The van der Waals surface area contributed by atoms with E-state index in [0.717, 1.165) is 24.0 Å². The quantitative estimate of drug-likeness (QED) is 0.789. The second-order valence-electron chi connectivity index (χ2n) is 7.82. The van der Waals surface area contributed by atoms with Crippen molar-refractivity contribution in [3.8, 4) is 0 Å². The molecule has 2 aliphatic rings. The van der Waals surface area contributed by atoms with E-state index < -0.39 is 0 Å². The van der Waals surface area contributed by atoms with Gasteiger partial charge < -0.3 is 5.32 Å². The third-order valence-corrected chi connectivity index (χ3v) is 5.72. The normalized spacial score (nSPS) is 32.2. The molecule has 2 fully saturated rings. The van der Waals surface area contributed by atoms with Crippen molar-refractivity contribution >= 4 is 0 Å². The van der Waals surface area contributed by atoms with Crippen molar-refractivity contribution in [1.29, 1.82) is 0 Å². The minimum Gasteiger partial charge on any atom is -0.314 e. The number of nitrogens with one attached hydrogen (secondary N) is 1. The summed E-state index contributed by atoms with van der Waals surface area (Å²) in [6, 6.07) is 2.49. The van der Waals surface area contributed by atoms with Crippen LogP contribution < -0.4 is 5.32 Å². The van der Waals surface area contributed by atoms with E-state index in [1.165, 1.54) is 45.2 Å². The highest BCUT2D eigenvalue weighted by molar-refractivity contribution is 4.99. The van der Waals surface area contributed by atoms with Gasteiger partial charge in [-0.15, -0.1) is 0 Å². The molecule has 0 amide bonds. The molecule has 0 radical (unpaired) electrons. The molecule has 2 aliphatic heterocycles. The summed E-state index contributed by atoms with van der Waals surface area (Å²) >= 11 is 0. The summed E-state index contributed by atoms with van der Waals surface area (Å²) in [7, 11) is 0. The molecule has 0 saturated carbocycles. The molecule has 2 rings (SSSR count). The molecule has 2 atom stereocenters. The highest BCUT2D eigenvalue weighted by atomic mass is 15.2. The molecule has 0 aromatic heterocycles. The van der Waals surface area contributed by atoms with Gasteiger partial charge in [0.25, 0.3) is 0 Å². The van der Waals surface area contributed by atoms with E-state index in [0.29, 0.717) is 5.41 Å². The molecule has 0 aromatic carbocycles. The van der Waals surface area contributed by atoms with Crippen molar-refractivity contribution in [3.05, 3.63) is 0 Å². The number of nitrogens with zero attached hydrogens (tertiary/aromatic N) is 1. The van der Waals surface area contributed by atoms with E-state index in [1.54, 1.807) is 0 Å². The maximum Gasteiger partial charge on any atom is 0.0114 e. The molecule has 19 heavy (non-hydrogen) atoms. The van der Waals surface area contributed by atoms with Crippen LogP contribution in [-0.2, 0) is 0 Å². The SMILES string of the molecule is CCCNC1CC2CCC(C1)N2CC(C)(C)C(C)C. The van der Waals surface area contributed by atoms with Crippen LogP contribution in [0.1, 0.15) is 66.7 Å². The minimum atomic E-state index is 0.449. The fourth-order valence-electron chi connectivity index (χ4n) is 3.70. The lowest BCUT2D eigenvalue weighted by Crippen LogP contribution is -2.52. The molecule has 0 aromatic rings. The van der Waals surface area contributed by atoms with E-state index in [2.05, 4.69) is 44.8 Å². The Morgan fingerprint density at radius 3 is 2.21 bits per heavy atom. The number of hydrogen-bond acceptors (Lipinski definition) is 2. The zero-order chi connectivity index (χ0) is 14.0. The highest BCUT2D eigenvalue weighted by Gasteiger charge is 2.42. The van der Waals surface area contributed by atoms with Gasteiger partial charge in [-0.3, -0.25) is 4.90 Å². The Morgan fingerprint density at radius 1 is 1.16 bits per heavy atom. The molecular formula is C17H34N2. The van der Waals surface area contributed by atoms with Crippen molar-refractivity contribution in [3.63, 3.8) is 0 Å². The zero-order valence-electron chi connectivity index (χ0n) is 13.7. The Bertz CT molecular complexity index is 271. The lowest BCUT2D eigenvalue weighted by Gasteiger charge is -2.44. The molecule has 2 heteroatoms. The summed E-state index contributed by atoms with van der Waals surface area (Å²) < 4.78 is 0. The molecule has 112 valence electrons. The van der Waals surface area contributed by atoms with Crippen molar-refractivity contribution in [1.82, 2.24) is 10.2 Å². The fraction of sp³-hybridized carbons (Fsp3) is 1.00. The Labute approximate surface area is 120 Å². The average Bonchev–Trinajstić information content (AvgIpc) is 2.59. The fourth-order valence-corrected chi connectivity index (χ4v) is 3.70. The van der Waals surface area contributed by atoms with Gasteiger partial charge in [-0.25, -0.2) is 0 Å². The van der Waals surface area contributed by atoms with Gasteiger partial charge in [0.15, 0.2) is 0 Å². The molecular weight excluding hydrogens is 232 g/mol. The number of hydrogen-bond donors (Lipinski definition) is 1. The molecule has 1 N–H and O–H groups in total. The van der Waals surface area contributed by atoms with Crippen LogP contribution in [0.25, 0.3) is 0 Å². The topological polar surface area (TPSA) is 15.3 Å². The highest BCUT2D eigenvalue weighted by Crippen LogP contribution is 2.39. The summed E-state index contributed by atoms with van der Waals surface area (Å²) in [6.45, 7) is 14.4. The second-order valence-corrected chi connectivity index (χ2v) is 7.82. The van der Waals surface area contributed by atoms with Gasteiger partial charge in [0.05, 0.1) is 0 Å². The third kappa shape index (κ3) is 3.52. The molecule has 2 saturated heterocycles. The summed E-state index contributed by atoms with van der Waals surface area (Å²) in [5, 5.41) is 3.75. The maximum atomic E-state index is 3.75. The van der Waals surface area contributed by atoms with Crippen LogP contribution in [0, 0.1) is 11.3 Å². The first-order chi connectivity index (χ1) is 8.94. The summed E-state index contributed by atoms with van der Waals surface area (Å²) in [6.07, 6.45) is 6.89. The maximum absolute atomic E-state index is 3.75. The average molecular weight is 266 g/mol. The summed E-state index contributed by atoms with van der Waals surface area (Å²) in [5.74, 6) is 0.767. The van der Waals surface area contributed by atoms with Crippen LogP contribution in [0.15, 0.2) is 0 Å². The number of piperidine rings is 1. The van der Waals surface area contributed by atoms with Crippen molar-refractivity contribution in [2.24, 2.45) is 11.3 Å². The molecule has 2 nitrogen and oxygen atoms in total. The number of rotatable bonds is 6. The predicted octanol–water partition coefficient (Wildman–Crippen LogP) is 3.66. The van der Waals surface area contributed by atoms with Crippen LogP contribution in [0.5, 0.6) is 0 Å². The second kappa shape index (κ2) is 6.13. The first kappa shape index (κ1) is 15.3. The zero-order valence-corrected chi connectivity index (χ0v) is 13.7. The van der Waals surface area contributed by atoms with Crippen LogP contribution in [0.4, 0.5) is 0 Å². The first-order valence-electron chi connectivity index (χ1n) is 8.43. The Balaban J connectivity index is 1.92. The lowest BCUT2D eigenvalue weighted by molar-refractivity contribution is 0.0550. The third-order valence-electron chi connectivity index (χ3n) is 5.72. The standard InChI is InChI=1S/C17H34N2/c1-6-9-18-14-10-15-7-8-16(11-14)19(15)12-17(4,5)13(2)3/h13-16,18H,6-12H2,1-5H3. The van der Waals surface area contributed by atoms with Crippen molar-refractivity contribution in [2.75, 3.05) is 13.1 Å². The molecule has 2 bridgehead atoms. The van der Waals surface area contributed by atoms with E-state index in [4.69, 9.17) is 0 Å². The summed E-state index contributed by atoms with van der Waals surface area (Å²) in [4.78, 5) is 2.85. The van der Waals surface area contributed by atoms with Crippen LogP contribution in [0.2, 0.25) is 0 Å². The van der Waals surface area contributed by atoms with E-state index in [-0.39, 0.29) is 0 Å². The Kier molecular flexibility index (Phi) is 4.94. The van der Waals surface area contributed by atoms with Crippen LogP contribution >= 0.6 is 0 Å². The van der Waals surface area contributed by atoms with Crippen LogP contribution in [-0.4, -0.2) is 36.1 Å². The molecule has 2 heterocycles. The van der Waals surface area contributed by atoms with Gasteiger partial charge in [-0.05, 0) is 50.0 Å². The summed E-state index contributed by atoms with van der Waals surface area (Å²) in [5.41, 5.74) is 0.449. The van der Waals surface area contributed by atoms with E-state index in [9.17, 15) is 0 Å². The molecule has 2 unspecified atom stereocenters. The molecule has 0 spiro atoms.